The van der Waals surface area contributed by atoms with Crippen LogP contribution < -0.4 is 5.32 Å². The second-order valence-electron chi connectivity index (χ2n) is 4.29. The summed E-state index contributed by atoms with van der Waals surface area (Å²) in [5.74, 6) is 3.37. The Bertz CT molecular complexity index is 325. The van der Waals surface area contributed by atoms with Gasteiger partial charge in [0.15, 0.2) is 0 Å². The number of halogens is 1. The first-order valence-corrected chi connectivity index (χ1v) is 7.80. The second-order valence-corrected chi connectivity index (χ2v) is 6.28. The van der Waals surface area contributed by atoms with E-state index in [4.69, 9.17) is 0 Å². The van der Waals surface area contributed by atoms with Gasteiger partial charge in [-0.15, -0.1) is 0 Å². The van der Waals surface area contributed by atoms with E-state index in [0.29, 0.717) is 6.04 Å². The largest absolute Gasteiger partial charge is 0.313 e. The van der Waals surface area contributed by atoms with Crippen LogP contribution in [0, 0.1) is 5.92 Å². The summed E-state index contributed by atoms with van der Waals surface area (Å²) in [6.45, 7) is 3.28. The van der Waals surface area contributed by atoms with Crippen molar-refractivity contribution in [2.75, 3.05) is 18.1 Å². The third-order valence-electron chi connectivity index (χ3n) is 3.08. The Hall–Kier alpha value is 0.01000. The highest BCUT2D eigenvalue weighted by Gasteiger charge is 2.26. The molecule has 1 aromatic rings. The van der Waals surface area contributed by atoms with Crippen molar-refractivity contribution in [3.63, 3.8) is 0 Å². The summed E-state index contributed by atoms with van der Waals surface area (Å²) < 4.78 is 1.17. The van der Waals surface area contributed by atoms with Crippen LogP contribution in [0.2, 0.25) is 0 Å². The van der Waals surface area contributed by atoms with Crippen LogP contribution in [0.4, 0.5) is 0 Å². The van der Waals surface area contributed by atoms with E-state index >= 15 is 0 Å². The molecule has 1 saturated heterocycles. The Morgan fingerprint density at radius 3 is 2.75 bits per heavy atom. The molecule has 0 radical (unpaired) electrons. The van der Waals surface area contributed by atoms with Gasteiger partial charge in [-0.05, 0) is 42.3 Å². The van der Waals surface area contributed by atoms with Crippen molar-refractivity contribution in [2.45, 2.75) is 19.4 Å². The molecule has 2 unspecified atom stereocenters. The molecule has 2 rings (SSSR count). The highest BCUT2D eigenvalue weighted by Crippen LogP contribution is 2.27. The number of rotatable bonds is 4. The fourth-order valence-electron chi connectivity index (χ4n) is 2.21. The standard InChI is InChI=1S/C13H18BrNS/c1-2-15-13-9-16-8-11(13)7-10-3-5-12(14)6-4-10/h3-6,11,13,15H,2,7-9H2,1H3. The van der Waals surface area contributed by atoms with Crippen LogP contribution in [-0.2, 0) is 6.42 Å². The second kappa shape index (κ2) is 6.08. The molecule has 1 N–H and O–H groups in total. The monoisotopic (exact) mass is 299 g/mol. The molecular formula is C13H18BrNS. The van der Waals surface area contributed by atoms with Gasteiger partial charge in [-0.1, -0.05) is 35.0 Å². The molecule has 1 nitrogen and oxygen atoms in total. The third-order valence-corrected chi connectivity index (χ3v) is 4.86. The zero-order valence-corrected chi connectivity index (χ0v) is 12.0. The normalized spacial score (nSPS) is 24.9. The number of hydrogen-bond donors (Lipinski definition) is 1. The van der Waals surface area contributed by atoms with E-state index in [2.05, 4.69) is 64.2 Å². The van der Waals surface area contributed by atoms with Gasteiger partial charge in [0.25, 0.3) is 0 Å². The summed E-state index contributed by atoms with van der Waals surface area (Å²) in [4.78, 5) is 0. The van der Waals surface area contributed by atoms with Crippen LogP contribution in [0.15, 0.2) is 28.7 Å². The zero-order chi connectivity index (χ0) is 11.4. The maximum absolute atomic E-state index is 3.60. The lowest BCUT2D eigenvalue weighted by atomic mass is 9.95. The number of thioether (sulfide) groups is 1. The van der Waals surface area contributed by atoms with Crippen LogP contribution >= 0.6 is 27.7 Å². The van der Waals surface area contributed by atoms with Crippen molar-refractivity contribution < 1.29 is 0 Å². The smallest absolute Gasteiger partial charge is 0.0197 e. The molecular weight excluding hydrogens is 282 g/mol. The minimum Gasteiger partial charge on any atom is -0.313 e. The van der Waals surface area contributed by atoms with Gasteiger partial charge < -0.3 is 5.32 Å². The molecule has 2 atom stereocenters. The Morgan fingerprint density at radius 2 is 2.06 bits per heavy atom. The minimum absolute atomic E-state index is 0.707. The van der Waals surface area contributed by atoms with Crippen molar-refractivity contribution in [1.29, 1.82) is 0 Å². The molecule has 0 aliphatic carbocycles. The van der Waals surface area contributed by atoms with Crippen LogP contribution in [0.25, 0.3) is 0 Å². The molecule has 0 spiro atoms. The lowest BCUT2D eigenvalue weighted by Crippen LogP contribution is -2.36. The van der Waals surface area contributed by atoms with Gasteiger partial charge in [0.2, 0.25) is 0 Å². The lowest BCUT2D eigenvalue weighted by Gasteiger charge is -2.19. The molecule has 1 aromatic carbocycles. The van der Waals surface area contributed by atoms with Crippen LogP contribution in [0.1, 0.15) is 12.5 Å². The summed E-state index contributed by atoms with van der Waals surface area (Å²) in [7, 11) is 0. The van der Waals surface area contributed by atoms with E-state index < -0.39 is 0 Å². The molecule has 1 aliphatic heterocycles. The Balaban J connectivity index is 1.95. The van der Waals surface area contributed by atoms with E-state index in [9.17, 15) is 0 Å². The molecule has 0 aromatic heterocycles. The molecule has 3 heteroatoms. The zero-order valence-electron chi connectivity index (χ0n) is 9.58. The van der Waals surface area contributed by atoms with Crippen LogP contribution in [-0.4, -0.2) is 24.1 Å². The molecule has 0 bridgehead atoms. The van der Waals surface area contributed by atoms with Crippen molar-refractivity contribution in [3.8, 4) is 0 Å². The van der Waals surface area contributed by atoms with Crippen molar-refractivity contribution >= 4 is 27.7 Å². The van der Waals surface area contributed by atoms with Gasteiger partial charge in [0.1, 0.15) is 0 Å². The van der Waals surface area contributed by atoms with Crippen molar-refractivity contribution in [3.05, 3.63) is 34.3 Å². The summed E-state index contributed by atoms with van der Waals surface area (Å²) in [5.41, 5.74) is 1.46. The maximum atomic E-state index is 3.60. The molecule has 88 valence electrons. The fraction of sp³-hybridized carbons (Fsp3) is 0.538. The topological polar surface area (TPSA) is 12.0 Å². The highest BCUT2D eigenvalue weighted by atomic mass is 79.9. The average Bonchev–Trinajstić information content (AvgIpc) is 2.70. The number of nitrogens with one attached hydrogen (secondary N) is 1. The predicted octanol–water partition coefficient (Wildman–Crippen LogP) is 3.33. The first-order chi connectivity index (χ1) is 7.79. The van der Waals surface area contributed by atoms with E-state index in [1.165, 1.54) is 28.0 Å². The van der Waals surface area contributed by atoms with Crippen LogP contribution in [0.5, 0.6) is 0 Å². The molecule has 16 heavy (non-hydrogen) atoms. The van der Waals surface area contributed by atoms with Gasteiger partial charge >= 0.3 is 0 Å². The quantitative estimate of drug-likeness (QED) is 0.915. The summed E-state index contributed by atoms with van der Waals surface area (Å²) in [6.07, 6.45) is 1.21. The Kier molecular flexibility index (Phi) is 4.74. The fourth-order valence-corrected chi connectivity index (χ4v) is 3.91. The molecule has 1 heterocycles. The molecule has 0 amide bonds. The maximum Gasteiger partial charge on any atom is 0.0197 e. The average molecular weight is 300 g/mol. The summed E-state index contributed by atoms with van der Waals surface area (Å²) in [5, 5.41) is 3.60. The van der Waals surface area contributed by atoms with E-state index in [-0.39, 0.29) is 0 Å². The number of hydrogen-bond acceptors (Lipinski definition) is 2. The van der Waals surface area contributed by atoms with Crippen LogP contribution in [0.3, 0.4) is 0 Å². The van der Waals surface area contributed by atoms with Crippen molar-refractivity contribution in [1.82, 2.24) is 5.32 Å². The van der Waals surface area contributed by atoms with Gasteiger partial charge in [0.05, 0.1) is 0 Å². The van der Waals surface area contributed by atoms with Gasteiger partial charge in [-0.3, -0.25) is 0 Å². The third kappa shape index (κ3) is 3.25. The SMILES string of the molecule is CCNC1CSCC1Cc1ccc(Br)cc1. The predicted molar refractivity (Wildman–Crippen MR) is 76.1 cm³/mol. The first-order valence-electron chi connectivity index (χ1n) is 5.85. The molecule has 1 fully saturated rings. The lowest BCUT2D eigenvalue weighted by molar-refractivity contribution is 0.434. The molecule has 1 aliphatic rings. The van der Waals surface area contributed by atoms with E-state index in [0.717, 1.165) is 12.5 Å². The van der Waals surface area contributed by atoms with Gasteiger partial charge in [0, 0.05) is 16.3 Å². The Labute approximate surface area is 111 Å². The van der Waals surface area contributed by atoms with Gasteiger partial charge in [-0.25, -0.2) is 0 Å². The van der Waals surface area contributed by atoms with Gasteiger partial charge in [-0.2, -0.15) is 11.8 Å². The van der Waals surface area contributed by atoms with E-state index in [1.807, 2.05) is 0 Å². The molecule has 0 saturated carbocycles. The minimum atomic E-state index is 0.707. The Morgan fingerprint density at radius 1 is 1.31 bits per heavy atom. The van der Waals surface area contributed by atoms with E-state index in [1.54, 1.807) is 0 Å². The van der Waals surface area contributed by atoms with Crippen molar-refractivity contribution in [2.24, 2.45) is 5.92 Å². The highest BCUT2D eigenvalue weighted by molar-refractivity contribution is 9.10. The number of benzene rings is 1. The first kappa shape index (κ1) is 12.5. The summed E-state index contributed by atoms with van der Waals surface area (Å²) >= 11 is 5.56. The summed E-state index contributed by atoms with van der Waals surface area (Å²) in [6, 6.07) is 9.45.